The van der Waals surface area contributed by atoms with E-state index in [0.717, 1.165) is 4.90 Å². The second kappa shape index (κ2) is 8.48. The van der Waals surface area contributed by atoms with Crippen molar-refractivity contribution in [3.05, 3.63) is 64.9 Å². The summed E-state index contributed by atoms with van der Waals surface area (Å²) in [6.07, 6.45) is 0. The van der Waals surface area contributed by atoms with Gasteiger partial charge >= 0.3 is 6.03 Å². The number of carbonyl (C=O) groups is 3. The van der Waals surface area contributed by atoms with Crippen LogP contribution in [0.4, 0.5) is 9.18 Å². The summed E-state index contributed by atoms with van der Waals surface area (Å²) in [5.41, 5.74) is -0.934. The van der Waals surface area contributed by atoms with E-state index in [1.54, 1.807) is 24.3 Å². The Balaban J connectivity index is 1.53. The van der Waals surface area contributed by atoms with E-state index >= 15 is 0 Å². The summed E-state index contributed by atoms with van der Waals surface area (Å²) in [4.78, 5) is 37.9. The normalized spacial score (nSPS) is 18.5. The topological polar surface area (TPSA) is 87.7 Å². The lowest BCUT2D eigenvalue weighted by molar-refractivity contribution is -0.134. The second-order valence-electron chi connectivity index (χ2n) is 6.61. The van der Waals surface area contributed by atoms with Crippen molar-refractivity contribution in [2.45, 2.75) is 12.5 Å². The van der Waals surface area contributed by atoms with Crippen molar-refractivity contribution in [3.8, 4) is 5.75 Å². The summed E-state index contributed by atoms with van der Waals surface area (Å²) in [5, 5.41) is 5.69. The summed E-state index contributed by atoms with van der Waals surface area (Å²) in [6.45, 7) is 1.46. The zero-order chi connectivity index (χ0) is 21.0. The lowest BCUT2D eigenvalue weighted by atomic mass is 9.92. The van der Waals surface area contributed by atoms with Crippen molar-refractivity contribution in [2.24, 2.45) is 0 Å². The summed E-state index contributed by atoms with van der Waals surface area (Å²) >= 11 is 5.86. The fraction of sp³-hybridized carbons (Fsp3) is 0.250. The van der Waals surface area contributed by atoms with Crippen LogP contribution in [-0.4, -0.2) is 42.4 Å². The minimum atomic E-state index is -1.36. The van der Waals surface area contributed by atoms with Crippen LogP contribution in [0.5, 0.6) is 5.75 Å². The van der Waals surface area contributed by atoms with Crippen LogP contribution in [-0.2, 0) is 15.1 Å². The molecule has 2 N–H and O–H groups in total. The number of nitrogens with zero attached hydrogens (tertiary/aromatic N) is 1. The van der Waals surface area contributed by atoms with Crippen molar-refractivity contribution >= 4 is 29.4 Å². The number of imide groups is 1. The van der Waals surface area contributed by atoms with Crippen molar-refractivity contribution in [1.82, 2.24) is 15.5 Å². The first kappa shape index (κ1) is 20.6. The first-order valence-electron chi connectivity index (χ1n) is 8.85. The van der Waals surface area contributed by atoms with Crippen LogP contribution in [0.1, 0.15) is 12.5 Å². The lowest BCUT2D eigenvalue weighted by Gasteiger charge is -2.22. The average molecular weight is 420 g/mol. The van der Waals surface area contributed by atoms with Gasteiger partial charge in [0.2, 0.25) is 5.91 Å². The molecule has 0 aromatic heterocycles. The third-order valence-electron chi connectivity index (χ3n) is 4.49. The van der Waals surface area contributed by atoms with E-state index in [2.05, 4.69) is 10.6 Å². The van der Waals surface area contributed by atoms with Crippen LogP contribution in [0.2, 0.25) is 5.02 Å². The largest absolute Gasteiger partial charge is 0.492 e. The number of ether oxygens (including phenoxy) is 1. The minimum absolute atomic E-state index is 0.185. The average Bonchev–Trinajstić information content (AvgIpc) is 2.90. The van der Waals surface area contributed by atoms with Crippen LogP contribution < -0.4 is 15.4 Å². The van der Waals surface area contributed by atoms with Crippen molar-refractivity contribution in [2.75, 3.05) is 19.7 Å². The highest BCUT2D eigenvalue weighted by Crippen LogP contribution is 2.28. The molecule has 1 heterocycles. The highest BCUT2D eigenvalue weighted by Gasteiger charge is 2.49. The zero-order valence-electron chi connectivity index (χ0n) is 15.6. The van der Waals surface area contributed by atoms with Gasteiger partial charge in [-0.1, -0.05) is 29.8 Å². The van der Waals surface area contributed by atoms with Gasteiger partial charge in [0.15, 0.2) is 0 Å². The molecular formula is C20H19ClFN3O4. The molecular weight excluding hydrogens is 401 g/mol. The molecule has 7 nitrogen and oxygen atoms in total. The van der Waals surface area contributed by atoms with E-state index in [1.807, 2.05) is 0 Å². The third kappa shape index (κ3) is 4.65. The predicted molar refractivity (Wildman–Crippen MR) is 104 cm³/mol. The molecule has 2 aromatic rings. The Kier molecular flexibility index (Phi) is 6.03. The van der Waals surface area contributed by atoms with E-state index in [4.69, 9.17) is 16.3 Å². The number of hydrogen-bond donors (Lipinski definition) is 2. The number of benzene rings is 2. The molecule has 152 valence electrons. The van der Waals surface area contributed by atoms with Gasteiger partial charge in [0.05, 0.1) is 6.54 Å². The third-order valence-corrected chi connectivity index (χ3v) is 4.72. The Morgan fingerprint density at radius 3 is 2.66 bits per heavy atom. The quantitative estimate of drug-likeness (QED) is 0.533. The number of carbonyl (C=O) groups excluding carboxylic acids is 3. The minimum Gasteiger partial charge on any atom is -0.492 e. The predicted octanol–water partition coefficient (Wildman–Crippen LogP) is 2.44. The van der Waals surface area contributed by atoms with Crippen LogP contribution in [0, 0.1) is 5.82 Å². The number of amides is 4. The molecule has 3 rings (SSSR count). The van der Waals surface area contributed by atoms with Crippen LogP contribution in [0.25, 0.3) is 0 Å². The Bertz CT molecular complexity index is 938. The second-order valence-corrected chi connectivity index (χ2v) is 7.05. The van der Waals surface area contributed by atoms with Gasteiger partial charge in [0.1, 0.15) is 30.3 Å². The van der Waals surface area contributed by atoms with Gasteiger partial charge in [0.25, 0.3) is 5.91 Å². The van der Waals surface area contributed by atoms with Crippen molar-refractivity contribution in [1.29, 1.82) is 0 Å². The Labute approximate surface area is 171 Å². The standard InChI is InChI=1S/C20H19ClFN3O4/c1-20(13-5-7-15(22)8-6-13)18(27)25(19(28)24-20)12-17(26)23-9-10-29-16-4-2-3-14(21)11-16/h2-8,11H,9-10,12H2,1H3,(H,23,26)(H,24,28). The fourth-order valence-electron chi connectivity index (χ4n) is 2.94. The Hall–Kier alpha value is -3.13. The molecule has 29 heavy (non-hydrogen) atoms. The van der Waals surface area contributed by atoms with Gasteiger partial charge in [-0.05, 0) is 42.8 Å². The molecule has 2 aromatic carbocycles. The monoisotopic (exact) mass is 419 g/mol. The molecule has 0 spiro atoms. The number of urea groups is 1. The molecule has 9 heteroatoms. The summed E-state index contributed by atoms with van der Waals surface area (Å²) in [5.74, 6) is -0.979. The molecule has 0 saturated carbocycles. The molecule has 0 bridgehead atoms. The lowest BCUT2D eigenvalue weighted by Crippen LogP contribution is -2.43. The smallest absolute Gasteiger partial charge is 0.325 e. The van der Waals surface area contributed by atoms with Crippen LogP contribution in [0.3, 0.4) is 0 Å². The summed E-state index contributed by atoms with van der Waals surface area (Å²) in [7, 11) is 0. The van der Waals surface area contributed by atoms with E-state index in [9.17, 15) is 18.8 Å². The molecule has 1 aliphatic rings. The first-order chi connectivity index (χ1) is 13.8. The maximum Gasteiger partial charge on any atom is 0.325 e. The Morgan fingerprint density at radius 1 is 1.24 bits per heavy atom. The molecule has 1 atom stereocenters. The summed E-state index contributed by atoms with van der Waals surface area (Å²) < 4.78 is 18.6. The van der Waals surface area contributed by atoms with Gasteiger partial charge in [0, 0.05) is 5.02 Å². The van der Waals surface area contributed by atoms with Crippen LogP contribution in [0.15, 0.2) is 48.5 Å². The highest BCUT2D eigenvalue weighted by atomic mass is 35.5. The fourth-order valence-corrected chi connectivity index (χ4v) is 3.12. The first-order valence-corrected chi connectivity index (χ1v) is 9.22. The van der Waals surface area contributed by atoms with E-state index in [-0.39, 0.29) is 13.2 Å². The molecule has 0 aliphatic carbocycles. The molecule has 0 radical (unpaired) electrons. The SMILES string of the molecule is CC1(c2ccc(F)cc2)NC(=O)N(CC(=O)NCCOc2cccc(Cl)c2)C1=O. The number of nitrogens with one attached hydrogen (secondary N) is 2. The van der Waals surface area contributed by atoms with Gasteiger partial charge in [-0.2, -0.15) is 0 Å². The Morgan fingerprint density at radius 2 is 1.97 bits per heavy atom. The van der Waals surface area contributed by atoms with Crippen molar-refractivity contribution in [3.63, 3.8) is 0 Å². The van der Waals surface area contributed by atoms with Gasteiger partial charge in [-0.15, -0.1) is 0 Å². The van der Waals surface area contributed by atoms with Gasteiger partial charge < -0.3 is 15.4 Å². The molecule has 1 saturated heterocycles. The number of rotatable bonds is 7. The van der Waals surface area contributed by atoms with Gasteiger partial charge in [-0.3, -0.25) is 14.5 Å². The van der Waals surface area contributed by atoms with E-state index in [1.165, 1.54) is 31.2 Å². The molecule has 1 aliphatic heterocycles. The van der Waals surface area contributed by atoms with Crippen molar-refractivity contribution < 1.29 is 23.5 Å². The van der Waals surface area contributed by atoms with Crippen LogP contribution >= 0.6 is 11.6 Å². The highest BCUT2D eigenvalue weighted by molar-refractivity contribution is 6.30. The van der Waals surface area contributed by atoms with E-state index in [0.29, 0.717) is 16.3 Å². The van der Waals surface area contributed by atoms with Gasteiger partial charge in [-0.25, -0.2) is 9.18 Å². The zero-order valence-corrected chi connectivity index (χ0v) is 16.3. The maximum atomic E-state index is 13.1. The summed E-state index contributed by atoms with van der Waals surface area (Å²) in [6, 6.07) is 11.4. The molecule has 1 unspecified atom stereocenters. The molecule has 1 fully saturated rings. The number of hydrogen-bond acceptors (Lipinski definition) is 4. The van der Waals surface area contributed by atoms with E-state index < -0.39 is 35.7 Å². The maximum absolute atomic E-state index is 13.1. The molecule has 4 amide bonds. The number of halogens is 2.